The topological polar surface area (TPSA) is 15.3 Å². The SMILES string of the molecule is CC1CNC(C2CCCCC2)CN1C1CCC1. The van der Waals surface area contributed by atoms with Crippen molar-refractivity contribution in [3.63, 3.8) is 0 Å². The molecule has 1 saturated heterocycles. The van der Waals surface area contributed by atoms with Gasteiger partial charge in [0.2, 0.25) is 0 Å². The quantitative estimate of drug-likeness (QED) is 0.793. The molecule has 0 aromatic rings. The van der Waals surface area contributed by atoms with Crippen molar-refractivity contribution < 1.29 is 0 Å². The van der Waals surface area contributed by atoms with Crippen molar-refractivity contribution in [1.82, 2.24) is 10.2 Å². The van der Waals surface area contributed by atoms with Crippen LogP contribution in [-0.2, 0) is 0 Å². The molecule has 0 aromatic heterocycles. The lowest BCUT2D eigenvalue weighted by Gasteiger charge is -2.48. The number of nitrogens with zero attached hydrogens (tertiary/aromatic N) is 1. The van der Waals surface area contributed by atoms with E-state index in [2.05, 4.69) is 17.1 Å². The van der Waals surface area contributed by atoms with Gasteiger partial charge >= 0.3 is 0 Å². The molecule has 2 atom stereocenters. The molecule has 2 nitrogen and oxygen atoms in total. The average Bonchev–Trinajstić information content (AvgIpc) is 2.31. The lowest BCUT2D eigenvalue weighted by atomic mass is 9.81. The smallest absolute Gasteiger partial charge is 0.0224 e. The van der Waals surface area contributed by atoms with Crippen molar-refractivity contribution in [2.24, 2.45) is 5.92 Å². The molecule has 1 N–H and O–H groups in total. The summed E-state index contributed by atoms with van der Waals surface area (Å²) in [5.74, 6) is 0.971. The van der Waals surface area contributed by atoms with Crippen LogP contribution in [0.3, 0.4) is 0 Å². The van der Waals surface area contributed by atoms with Gasteiger partial charge in [0.15, 0.2) is 0 Å². The summed E-state index contributed by atoms with van der Waals surface area (Å²) in [7, 11) is 0. The molecule has 3 fully saturated rings. The van der Waals surface area contributed by atoms with Crippen LogP contribution in [0.15, 0.2) is 0 Å². The van der Waals surface area contributed by atoms with Gasteiger partial charge in [-0.3, -0.25) is 4.90 Å². The minimum Gasteiger partial charge on any atom is -0.311 e. The molecule has 2 heteroatoms. The Bertz CT molecular complexity index is 241. The fourth-order valence-electron chi connectivity index (χ4n) is 3.99. The summed E-state index contributed by atoms with van der Waals surface area (Å²) in [6.07, 6.45) is 11.8. The van der Waals surface area contributed by atoms with Gasteiger partial charge in [-0.2, -0.15) is 0 Å². The first kappa shape index (κ1) is 12.0. The molecular formula is C15H28N2. The van der Waals surface area contributed by atoms with Crippen LogP contribution in [0.25, 0.3) is 0 Å². The van der Waals surface area contributed by atoms with Gasteiger partial charge in [-0.05, 0) is 38.5 Å². The van der Waals surface area contributed by atoms with Crippen molar-refractivity contribution in [3.05, 3.63) is 0 Å². The third-order valence-corrected chi connectivity index (χ3v) is 5.41. The summed E-state index contributed by atoms with van der Waals surface area (Å²) < 4.78 is 0. The van der Waals surface area contributed by atoms with E-state index in [1.807, 2.05) is 0 Å². The van der Waals surface area contributed by atoms with Crippen molar-refractivity contribution in [2.45, 2.75) is 76.4 Å². The molecule has 0 radical (unpaired) electrons. The highest BCUT2D eigenvalue weighted by molar-refractivity contribution is 4.93. The first-order valence-electron chi connectivity index (χ1n) is 7.84. The van der Waals surface area contributed by atoms with E-state index >= 15 is 0 Å². The molecule has 0 bridgehead atoms. The lowest BCUT2D eigenvalue weighted by molar-refractivity contribution is 0.0330. The van der Waals surface area contributed by atoms with E-state index in [0.717, 1.165) is 24.0 Å². The Morgan fingerprint density at radius 1 is 0.941 bits per heavy atom. The number of hydrogen-bond acceptors (Lipinski definition) is 2. The Morgan fingerprint density at radius 2 is 1.71 bits per heavy atom. The summed E-state index contributed by atoms with van der Waals surface area (Å²) in [5, 5.41) is 3.83. The Hall–Kier alpha value is -0.0800. The monoisotopic (exact) mass is 236 g/mol. The second-order valence-corrected chi connectivity index (χ2v) is 6.54. The highest BCUT2D eigenvalue weighted by atomic mass is 15.3. The number of piperazine rings is 1. The Labute approximate surface area is 106 Å². The molecule has 98 valence electrons. The second-order valence-electron chi connectivity index (χ2n) is 6.54. The molecule has 2 saturated carbocycles. The van der Waals surface area contributed by atoms with Gasteiger partial charge in [-0.1, -0.05) is 25.7 Å². The molecule has 0 amide bonds. The molecule has 3 rings (SSSR count). The molecule has 17 heavy (non-hydrogen) atoms. The summed E-state index contributed by atoms with van der Waals surface area (Å²) in [5.41, 5.74) is 0. The molecular weight excluding hydrogens is 208 g/mol. The summed E-state index contributed by atoms with van der Waals surface area (Å²) in [6.45, 7) is 4.95. The van der Waals surface area contributed by atoms with E-state index in [4.69, 9.17) is 0 Å². The fraction of sp³-hybridized carbons (Fsp3) is 1.00. The Balaban J connectivity index is 1.58. The Morgan fingerprint density at radius 3 is 2.35 bits per heavy atom. The maximum Gasteiger partial charge on any atom is 0.0224 e. The second kappa shape index (κ2) is 5.27. The normalized spacial score (nSPS) is 37.9. The van der Waals surface area contributed by atoms with Crippen LogP contribution < -0.4 is 5.32 Å². The zero-order valence-corrected chi connectivity index (χ0v) is 11.3. The van der Waals surface area contributed by atoms with E-state index in [0.29, 0.717) is 0 Å². The van der Waals surface area contributed by atoms with Gasteiger partial charge in [0.1, 0.15) is 0 Å². The predicted molar refractivity (Wildman–Crippen MR) is 72.2 cm³/mol. The van der Waals surface area contributed by atoms with E-state index < -0.39 is 0 Å². The summed E-state index contributed by atoms with van der Waals surface area (Å²) in [6, 6.07) is 2.49. The van der Waals surface area contributed by atoms with E-state index in [1.165, 1.54) is 64.5 Å². The fourth-order valence-corrected chi connectivity index (χ4v) is 3.99. The maximum atomic E-state index is 3.83. The molecule has 1 heterocycles. The summed E-state index contributed by atoms with van der Waals surface area (Å²) >= 11 is 0. The van der Waals surface area contributed by atoms with Crippen molar-refractivity contribution in [1.29, 1.82) is 0 Å². The van der Waals surface area contributed by atoms with Crippen LogP contribution in [0.4, 0.5) is 0 Å². The molecule has 2 aliphatic carbocycles. The largest absolute Gasteiger partial charge is 0.311 e. The third-order valence-electron chi connectivity index (χ3n) is 5.41. The van der Waals surface area contributed by atoms with Crippen LogP contribution in [0.5, 0.6) is 0 Å². The van der Waals surface area contributed by atoms with Crippen LogP contribution in [-0.4, -0.2) is 36.1 Å². The zero-order valence-electron chi connectivity index (χ0n) is 11.3. The first-order valence-corrected chi connectivity index (χ1v) is 7.84. The summed E-state index contributed by atoms with van der Waals surface area (Å²) in [4.78, 5) is 2.82. The number of nitrogens with one attached hydrogen (secondary N) is 1. The Kier molecular flexibility index (Phi) is 3.72. The van der Waals surface area contributed by atoms with Gasteiger partial charge in [-0.25, -0.2) is 0 Å². The van der Waals surface area contributed by atoms with Gasteiger partial charge in [0.05, 0.1) is 0 Å². The van der Waals surface area contributed by atoms with Crippen LogP contribution in [0.2, 0.25) is 0 Å². The highest BCUT2D eigenvalue weighted by Gasteiger charge is 2.36. The standard InChI is InChI=1S/C15H28N2/c1-12-10-16-15(13-6-3-2-4-7-13)11-17(12)14-8-5-9-14/h12-16H,2-11H2,1H3. The van der Waals surface area contributed by atoms with Crippen LogP contribution in [0, 0.1) is 5.92 Å². The number of rotatable bonds is 2. The minimum absolute atomic E-state index is 0.764. The maximum absolute atomic E-state index is 3.83. The van der Waals surface area contributed by atoms with Gasteiger partial charge in [0, 0.05) is 31.2 Å². The highest BCUT2D eigenvalue weighted by Crippen LogP contribution is 2.32. The van der Waals surface area contributed by atoms with E-state index in [9.17, 15) is 0 Å². The third kappa shape index (κ3) is 2.53. The minimum atomic E-state index is 0.764. The van der Waals surface area contributed by atoms with E-state index in [-0.39, 0.29) is 0 Å². The average molecular weight is 236 g/mol. The van der Waals surface area contributed by atoms with Crippen LogP contribution >= 0.6 is 0 Å². The van der Waals surface area contributed by atoms with Gasteiger partial charge < -0.3 is 5.32 Å². The van der Waals surface area contributed by atoms with Crippen LogP contribution in [0.1, 0.15) is 58.3 Å². The molecule has 0 aromatic carbocycles. The van der Waals surface area contributed by atoms with E-state index in [1.54, 1.807) is 0 Å². The predicted octanol–water partition coefficient (Wildman–Crippen LogP) is 2.78. The molecule has 3 aliphatic rings. The molecule has 0 spiro atoms. The first-order chi connectivity index (χ1) is 8.34. The lowest BCUT2D eigenvalue weighted by Crippen LogP contribution is -2.61. The molecule has 2 unspecified atom stereocenters. The van der Waals surface area contributed by atoms with Crippen molar-refractivity contribution >= 4 is 0 Å². The molecule has 1 aliphatic heterocycles. The van der Waals surface area contributed by atoms with Crippen molar-refractivity contribution in [3.8, 4) is 0 Å². The van der Waals surface area contributed by atoms with Gasteiger partial charge in [-0.15, -0.1) is 0 Å². The van der Waals surface area contributed by atoms with Crippen molar-refractivity contribution in [2.75, 3.05) is 13.1 Å². The number of hydrogen-bond donors (Lipinski definition) is 1. The van der Waals surface area contributed by atoms with Gasteiger partial charge in [0.25, 0.3) is 0 Å². The zero-order chi connectivity index (χ0) is 11.7.